The molecule has 2 aromatic heterocycles. The average molecular weight is 280 g/mol. The van der Waals surface area contributed by atoms with Gasteiger partial charge >= 0.3 is 0 Å². The van der Waals surface area contributed by atoms with Crippen molar-refractivity contribution in [2.75, 3.05) is 0 Å². The summed E-state index contributed by atoms with van der Waals surface area (Å²) >= 11 is 5.47. The Kier molecular flexibility index (Phi) is 4.45. The number of aromatic nitrogens is 4. The van der Waals surface area contributed by atoms with Gasteiger partial charge in [0.05, 0.1) is 5.69 Å². The maximum Gasteiger partial charge on any atom is 0.179 e. The number of nitrogens with zero attached hydrogens (tertiary/aromatic N) is 3. The maximum absolute atomic E-state index is 5.47. The molecule has 0 saturated carbocycles. The Morgan fingerprint density at radius 2 is 2.11 bits per heavy atom. The monoisotopic (exact) mass is 280 g/mol. The lowest BCUT2D eigenvalue weighted by Gasteiger charge is -2.15. The summed E-state index contributed by atoms with van der Waals surface area (Å²) in [6.45, 7) is 7.53. The second-order valence-electron chi connectivity index (χ2n) is 5.36. The maximum atomic E-state index is 5.47. The van der Waals surface area contributed by atoms with E-state index >= 15 is 0 Å². The minimum Gasteiger partial charge on any atom is -0.328 e. The van der Waals surface area contributed by atoms with E-state index in [1.54, 1.807) is 0 Å². The van der Waals surface area contributed by atoms with Gasteiger partial charge in [-0.05, 0) is 31.5 Å². The molecule has 5 heteroatoms. The molecule has 0 aromatic carbocycles. The molecule has 2 aromatic rings. The fourth-order valence-corrected chi connectivity index (χ4v) is 2.98. The number of imidazole rings is 1. The summed E-state index contributed by atoms with van der Waals surface area (Å²) in [5, 5.41) is 4.47. The highest BCUT2D eigenvalue weighted by Gasteiger charge is 2.15. The molecule has 0 aliphatic carbocycles. The summed E-state index contributed by atoms with van der Waals surface area (Å²) in [7, 11) is 1.99. The molecule has 4 nitrogen and oxygen atoms in total. The van der Waals surface area contributed by atoms with Crippen LogP contribution in [-0.4, -0.2) is 19.3 Å². The van der Waals surface area contributed by atoms with Gasteiger partial charge in [-0.1, -0.05) is 33.1 Å². The van der Waals surface area contributed by atoms with E-state index < -0.39 is 0 Å². The minimum atomic E-state index is 0.695. The zero-order chi connectivity index (χ0) is 14.0. The quantitative estimate of drug-likeness (QED) is 0.813. The Morgan fingerprint density at radius 3 is 2.74 bits per heavy atom. The van der Waals surface area contributed by atoms with Gasteiger partial charge in [0.15, 0.2) is 10.4 Å². The highest BCUT2D eigenvalue weighted by molar-refractivity contribution is 7.71. The fraction of sp³-hybridized carbons (Fsp3) is 0.714. The van der Waals surface area contributed by atoms with Gasteiger partial charge in [0.25, 0.3) is 0 Å². The second kappa shape index (κ2) is 5.90. The van der Waals surface area contributed by atoms with Crippen molar-refractivity contribution in [1.82, 2.24) is 19.3 Å². The first kappa shape index (κ1) is 14.3. The SMILES string of the molecule is CCCCC(CC)Cn1c(=S)[nH]c2c(C)nn(C)c21. The molecule has 106 valence electrons. The number of aromatic amines is 1. The minimum absolute atomic E-state index is 0.695. The standard InChI is InChI=1S/C14H24N4S/c1-5-7-8-11(6-2)9-18-13-12(15-14(18)19)10(3)16-17(13)4/h11H,5-9H2,1-4H3,(H,15,19). The summed E-state index contributed by atoms with van der Waals surface area (Å²) in [4.78, 5) is 3.30. The molecule has 2 heterocycles. The third kappa shape index (κ3) is 2.76. The molecule has 1 atom stereocenters. The van der Waals surface area contributed by atoms with Gasteiger partial charge in [-0.2, -0.15) is 5.10 Å². The third-order valence-corrected chi connectivity index (χ3v) is 4.23. The number of aryl methyl sites for hydroxylation is 2. The van der Waals surface area contributed by atoms with Crippen LogP contribution in [-0.2, 0) is 13.6 Å². The third-order valence-electron chi connectivity index (χ3n) is 3.91. The van der Waals surface area contributed by atoms with Crippen LogP contribution in [0, 0.1) is 17.6 Å². The zero-order valence-electron chi connectivity index (χ0n) is 12.4. The Balaban J connectivity index is 2.33. The van der Waals surface area contributed by atoms with Crippen LogP contribution in [0.4, 0.5) is 0 Å². The highest BCUT2D eigenvalue weighted by atomic mass is 32.1. The van der Waals surface area contributed by atoms with Crippen LogP contribution >= 0.6 is 12.2 Å². The molecule has 0 fully saturated rings. The zero-order valence-corrected chi connectivity index (χ0v) is 13.2. The van der Waals surface area contributed by atoms with Crippen LogP contribution in [0.1, 0.15) is 45.2 Å². The van der Waals surface area contributed by atoms with Gasteiger partial charge in [-0.15, -0.1) is 0 Å². The lowest BCUT2D eigenvalue weighted by Crippen LogP contribution is -2.12. The summed E-state index contributed by atoms with van der Waals surface area (Å²) in [6, 6.07) is 0. The normalized spacial score (nSPS) is 13.3. The van der Waals surface area contributed by atoms with Gasteiger partial charge in [0, 0.05) is 13.6 Å². The molecule has 0 aliphatic rings. The smallest absolute Gasteiger partial charge is 0.179 e. The van der Waals surface area contributed by atoms with Crippen LogP contribution in [0.25, 0.3) is 11.2 Å². The van der Waals surface area contributed by atoms with Gasteiger partial charge in [-0.3, -0.25) is 4.68 Å². The topological polar surface area (TPSA) is 38.5 Å². The van der Waals surface area contributed by atoms with Gasteiger partial charge in [0.2, 0.25) is 0 Å². The molecular weight excluding hydrogens is 256 g/mol. The van der Waals surface area contributed by atoms with E-state index in [4.69, 9.17) is 12.2 Å². The van der Waals surface area contributed by atoms with E-state index in [1.165, 1.54) is 25.7 Å². The van der Waals surface area contributed by atoms with E-state index in [0.29, 0.717) is 5.92 Å². The van der Waals surface area contributed by atoms with Crippen LogP contribution in [0.5, 0.6) is 0 Å². The number of H-pyrrole nitrogens is 1. The van der Waals surface area contributed by atoms with Gasteiger partial charge in [0.1, 0.15) is 5.52 Å². The van der Waals surface area contributed by atoms with Crippen molar-refractivity contribution in [3.8, 4) is 0 Å². The summed E-state index contributed by atoms with van der Waals surface area (Å²) in [5.41, 5.74) is 3.22. The average Bonchev–Trinajstić information content (AvgIpc) is 2.84. The number of hydrogen-bond donors (Lipinski definition) is 1. The lowest BCUT2D eigenvalue weighted by atomic mass is 9.99. The molecule has 19 heavy (non-hydrogen) atoms. The van der Waals surface area contributed by atoms with Crippen LogP contribution in [0.15, 0.2) is 0 Å². The van der Waals surface area contributed by atoms with E-state index in [0.717, 1.165) is 28.2 Å². The largest absolute Gasteiger partial charge is 0.328 e. The van der Waals surface area contributed by atoms with Crippen LogP contribution in [0.3, 0.4) is 0 Å². The number of nitrogens with one attached hydrogen (secondary N) is 1. The predicted molar refractivity (Wildman–Crippen MR) is 81.9 cm³/mol. The summed E-state index contributed by atoms with van der Waals surface area (Å²) in [6.07, 6.45) is 5.03. The number of fused-ring (bicyclic) bond motifs is 1. The van der Waals surface area contributed by atoms with Gasteiger partial charge in [-0.25, -0.2) is 0 Å². The van der Waals surface area contributed by atoms with Crippen LogP contribution < -0.4 is 0 Å². The number of unbranched alkanes of at least 4 members (excludes halogenated alkanes) is 1. The van der Waals surface area contributed by atoms with E-state index in [9.17, 15) is 0 Å². The lowest BCUT2D eigenvalue weighted by molar-refractivity contribution is 0.391. The van der Waals surface area contributed by atoms with Crippen molar-refractivity contribution >= 4 is 23.4 Å². The van der Waals surface area contributed by atoms with Gasteiger partial charge < -0.3 is 9.55 Å². The predicted octanol–water partition coefficient (Wildman–Crippen LogP) is 3.96. The molecule has 2 rings (SSSR count). The molecule has 0 amide bonds. The Labute approximate surface area is 119 Å². The van der Waals surface area contributed by atoms with Crippen molar-refractivity contribution < 1.29 is 0 Å². The Morgan fingerprint density at radius 1 is 1.37 bits per heavy atom. The molecular formula is C14H24N4S. The molecule has 0 saturated heterocycles. The molecule has 0 bridgehead atoms. The van der Waals surface area contributed by atoms with Crippen molar-refractivity contribution in [3.05, 3.63) is 10.5 Å². The number of hydrogen-bond acceptors (Lipinski definition) is 2. The molecule has 0 spiro atoms. The highest BCUT2D eigenvalue weighted by Crippen LogP contribution is 2.21. The van der Waals surface area contributed by atoms with Crippen LogP contribution in [0.2, 0.25) is 0 Å². The van der Waals surface area contributed by atoms with E-state index in [1.807, 2.05) is 18.7 Å². The number of rotatable bonds is 6. The van der Waals surface area contributed by atoms with Crippen molar-refractivity contribution in [3.63, 3.8) is 0 Å². The van der Waals surface area contributed by atoms with Crippen molar-refractivity contribution in [2.24, 2.45) is 13.0 Å². The first-order valence-electron chi connectivity index (χ1n) is 7.20. The van der Waals surface area contributed by atoms with Crippen molar-refractivity contribution in [1.29, 1.82) is 0 Å². The van der Waals surface area contributed by atoms with Crippen molar-refractivity contribution in [2.45, 2.75) is 53.0 Å². The Bertz CT molecular complexity index is 605. The molecule has 0 radical (unpaired) electrons. The summed E-state index contributed by atoms with van der Waals surface area (Å²) < 4.78 is 4.97. The summed E-state index contributed by atoms with van der Waals surface area (Å²) in [5.74, 6) is 0.695. The molecule has 0 aliphatic heterocycles. The first-order valence-corrected chi connectivity index (χ1v) is 7.61. The Hall–Kier alpha value is -1.10. The first-order chi connectivity index (χ1) is 9.08. The van der Waals surface area contributed by atoms with E-state index in [2.05, 4.69) is 28.5 Å². The van der Waals surface area contributed by atoms with E-state index in [-0.39, 0.29) is 0 Å². The molecule has 1 unspecified atom stereocenters. The molecule has 1 N–H and O–H groups in total. The second-order valence-corrected chi connectivity index (χ2v) is 5.75. The fourth-order valence-electron chi connectivity index (χ4n) is 2.72.